The molecule has 0 spiro atoms. The average Bonchev–Trinajstić information content (AvgIpc) is 1.75. The Balaban J connectivity index is 0.921. The molecule has 0 atom stereocenters. The molecule has 0 fully saturated rings. The molecule has 0 radical (unpaired) electrons. The molecule has 0 saturated heterocycles. The highest BCUT2D eigenvalue weighted by atomic mass is 16.5. The molecule has 76 heavy (non-hydrogen) atoms. The highest BCUT2D eigenvalue weighted by Gasteiger charge is 2.32. The van der Waals surface area contributed by atoms with Gasteiger partial charge in [-0.15, -0.1) is 0 Å². The summed E-state index contributed by atoms with van der Waals surface area (Å²) in [4.78, 5) is 8.84. The van der Waals surface area contributed by atoms with Crippen LogP contribution in [0, 0.1) is 0 Å². The van der Waals surface area contributed by atoms with Gasteiger partial charge in [0.1, 0.15) is 35.5 Å². The predicted molar refractivity (Wildman–Crippen MR) is 314 cm³/mol. The smallest absolute Gasteiger partial charge is 0.143 e. The summed E-state index contributed by atoms with van der Waals surface area (Å²) in [5.41, 5.74) is 6.17. The van der Waals surface area contributed by atoms with Gasteiger partial charge in [-0.2, -0.15) is 0 Å². The normalized spacial score (nSPS) is 15.1. The first-order chi connectivity index (χ1) is 43.5. The fraction of sp³-hybridized carbons (Fsp3) is 0.0714. The predicted octanol–water partition coefficient (Wildman–Crippen LogP) is 19.0. The van der Waals surface area contributed by atoms with E-state index in [1.54, 1.807) is 48.7 Å². The van der Waals surface area contributed by atoms with Gasteiger partial charge >= 0.3 is 0 Å². The highest BCUT2D eigenvalue weighted by molar-refractivity contribution is 6.09. The Hall–Kier alpha value is -9.65. The molecule has 0 N–H and O–H groups in total. The summed E-state index contributed by atoms with van der Waals surface area (Å²) in [5, 5.41) is 1.84. The number of fused-ring (bicyclic) bond motifs is 4. The van der Waals surface area contributed by atoms with E-state index >= 15 is 0 Å². The zero-order valence-corrected chi connectivity index (χ0v) is 41.5. The van der Waals surface area contributed by atoms with Crippen molar-refractivity contribution in [1.29, 1.82) is 0 Å². The van der Waals surface area contributed by atoms with E-state index in [4.69, 9.17) is 35.0 Å². The molecule has 6 heteroatoms. The Morgan fingerprint density at radius 1 is 0.447 bits per heavy atom. The van der Waals surface area contributed by atoms with Crippen LogP contribution in [-0.4, -0.2) is 16.2 Å². The second-order valence-corrected chi connectivity index (χ2v) is 19.3. The molecule has 13 rings (SSSR count). The van der Waals surface area contributed by atoms with E-state index in [0.717, 1.165) is 32.9 Å². The van der Waals surface area contributed by atoms with Gasteiger partial charge in [-0.25, -0.2) is 4.98 Å². The van der Waals surface area contributed by atoms with E-state index < -0.39 is 84.0 Å². The third kappa shape index (κ3) is 8.59. The lowest BCUT2D eigenvalue weighted by atomic mass is 9.86. The Bertz CT molecular complexity index is 4840. The summed E-state index contributed by atoms with van der Waals surface area (Å²) in [6.45, 7) is 6.32. The molecule has 0 aliphatic carbocycles. The van der Waals surface area contributed by atoms with Gasteiger partial charge in [-0.05, 0) is 81.8 Å². The number of nitrogens with zero attached hydrogens (tertiary/aromatic N) is 4. The maximum atomic E-state index is 9.17. The Morgan fingerprint density at radius 2 is 1.01 bits per heavy atom. The van der Waals surface area contributed by atoms with Gasteiger partial charge in [0.15, 0.2) is 0 Å². The monoisotopic (exact) mass is 998 g/mol. The van der Waals surface area contributed by atoms with E-state index in [-0.39, 0.29) is 58.0 Å². The molecule has 0 unspecified atom stereocenters. The minimum Gasteiger partial charge on any atom is -0.457 e. The quantitative estimate of drug-likeness (QED) is 0.129. The van der Waals surface area contributed by atoms with Crippen molar-refractivity contribution in [3.05, 3.63) is 266 Å². The molecular formula is C70H54N4O2. The Morgan fingerprint density at radius 3 is 1.68 bits per heavy atom. The summed E-state index contributed by atoms with van der Waals surface area (Å²) in [7, 11) is 0. The van der Waals surface area contributed by atoms with Crippen LogP contribution in [-0.2, 0) is 5.41 Å². The molecule has 3 heterocycles. The van der Waals surface area contributed by atoms with Gasteiger partial charge in [0.25, 0.3) is 0 Å². The van der Waals surface area contributed by atoms with Crippen LogP contribution < -0.4 is 19.3 Å². The van der Waals surface area contributed by atoms with Gasteiger partial charge in [0.05, 0.1) is 48.7 Å². The van der Waals surface area contributed by atoms with Gasteiger partial charge in [-0.1, -0.05) is 208 Å². The number of ether oxygens (including phenoxy) is 2. The lowest BCUT2D eigenvalue weighted by Gasteiger charge is -2.28. The van der Waals surface area contributed by atoms with Crippen molar-refractivity contribution in [3.8, 4) is 73.3 Å². The van der Waals surface area contributed by atoms with E-state index in [9.17, 15) is 0 Å². The maximum Gasteiger partial charge on any atom is 0.143 e. The maximum absolute atomic E-state index is 9.17. The van der Waals surface area contributed by atoms with Crippen molar-refractivity contribution in [1.82, 2.24) is 9.55 Å². The van der Waals surface area contributed by atoms with E-state index in [1.807, 2.05) is 125 Å². The first-order valence-electron chi connectivity index (χ1n) is 32.2. The molecule has 6 nitrogen and oxygen atoms in total. The fourth-order valence-electron chi connectivity index (χ4n) is 10.0. The molecule has 1 aliphatic heterocycles. The molecule has 0 bridgehead atoms. The Kier molecular flexibility index (Phi) is 8.27. The second-order valence-electron chi connectivity index (χ2n) is 19.3. The van der Waals surface area contributed by atoms with Crippen molar-refractivity contribution in [3.63, 3.8) is 0 Å². The van der Waals surface area contributed by atoms with Crippen molar-refractivity contribution < 1.29 is 30.0 Å². The van der Waals surface area contributed by atoms with Crippen LogP contribution in [0.4, 0.5) is 22.7 Å². The number of benzene rings is 10. The molecule has 0 amide bonds. The van der Waals surface area contributed by atoms with Crippen molar-refractivity contribution in [2.24, 2.45) is 0 Å². The lowest BCUT2D eigenvalue weighted by molar-refractivity contribution is 0.479. The van der Waals surface area contributed by atoms with Crippen LogP contribution in [0.1, 0.15) is 46.9 Å². The van der Waals surface area contributed by atoms with E-state index in [0.29, 0.717) is 51.3 Å². The summed E-state index contributed by atoms with van der Waals surface area (Å²) in [5.74, 6) is 2.09. The molecule has 2 aromatic heterocycles. The minimum atomic E-state index is -0.580. The van der Waals surface area contributed by atoms with Crippen molar-refractivity contribution in [2.45, 2.75) is 26.2 Å². The third-order valence-electron chi connectivity index (χ3n) is 13.6. The number of aromatic nitrogens is 2. The number of hydrogen-bond acceptors (Lipinski definition) is 5. The van der Waals surface area contributed by atoms with E-state index in [1.165, 1.54) is 0 Å². The summed E-state index contributed by atoms with van der Waals surface area (Å²) >= 11 is 0. The first-order valence-corrected chi connectivity index (χ1v) is 24.7. The van der Waals surface area contributed by atoms with E-state index in [2.05, 4.69) is 31.7 Å². The number of rotatable bonds is 11. The summed E-state index contributed by atoms with van der Waals surface area (Å²) in [6, 6.07) is 43.0. The SMILES string of the molecule is [2H]c1c([2H])c([2H])c(-c2cccc(-c3ccccc3)c2Oc2ccnc(-n3c4ccccc4c4ccc(Oc5cc(N6CN(c7c(-c8c([2H])c([2H])c([2H])c([2H])c8[2H])cccc7-c7c([2H])c([2H])c([2H])c([2H])c7[2H])c7ccccc76)cc(C(C)(C)C)c5)cc43)c2)c([2H])c1[2H]. The van der Waals surface area contributed by atoms with Gasteiger partial charge in [0.2, 0.25) is 0 Å². The van der Waals surface area contributed by atoms with Crippen LogP contribution in [0.15, 0.2) is 261 Å². The average molecular weight is 998 g/mol. The van der Waals surface area contributed by atoms with Crippen molar-refractivity contribution >= 4 is 44.6 Å². The lowest BCUT2D eigenvalue weighted by Crippen LogP contribution is -2.25. The number of pyridine rings is 1. The topological polar surface area (TPSA) is 42.8 Å². The van der Waals surface area contributed by atoms with Gasteiger partial charge < -0.3 is 19.3 Å². The minimum absolute atomic E-state index is 0.00407. The second kappa shape index (κ2) is 19.3. The number of para-hydroxylation sites is 5. The van der Waals surface area contributed by atoms with Crippen LogP contribution >= 0.6 is 0 Å². The molecule has 12 aromatic rings. The van der Waals surface area contributed by atoms with Crippen LogP contribution in [0.2, 0.25) is 0 Å². The first kappa shape index (κ1) is 32.5. The molecule has 1 aliphatic rings. The standard InChI is InChI=1S/C70H54N4O2/c1-70(2,3)52-42-53(72-47-73(65-37-19-18-36-64(65)72)68-57(48-22-8-4-9-23-48)31-20-32-58(68)49-24-10-5-11-25-49)44-56(43-52)75-54-38-39-62-61-30-16-17-35-63(61)74(66(62)45-54)67-46-55(40-41-71-67)76-69-59(50-26-12-6-13-27-50)33-21-34-60(69)51-28-14-7-15-29-51/h4-46H,47H2,1-3H3/i4D,5D,6D,8D,9D,10D,11D,12D,13D,22D,23D,24D,25D,26D,27D. The van der Waals surface area contributed by atoms with Gasteiger partial charge in [-0.3, -0.25) is 4.57 Å². The van der Waals surface area contributed by atoms with Crippen molar-refractivity contribution in [2.75, 3.05) is 16.5 Å². The summed E-state index contributed by atoms with van der Waals surface area (Å²) < 4.78 is 148. The largest absolute Gasteiger partial charge is 0.457 e. The number of anilines is 4. The fourth-order valence-corrected chi connectivity index (χ4v) is 10.0. The highest BCUT2D eigenvalue weighted by Crippen LogP contribution is 2.51. The third-order valence-corrected chi connectivity index (χ3v) is 13.6. The van der Waals surface area contributed by atoms with Crippen LogP contribution in [0.5, 0.6) is 23.0 Å². The molecular weight excluding hydrogens is 929 g/mol. The van der Waals surface area contributed by atoms with Gasteiger partial charge in [0, 0.05) is 63.1 Å². The molecule has 0 saturated carbocycles. The van der Waals surface area contributed by atoms with Crippen LogP contribution in [0.3, 0.4) is 0 Å². The zero-order valence-electron chi connectivity index (χ0n) is 56.5. The van der Waals surface area contributed by atoms with Crippen LogP contribution in [0.25, 0.3) is 72.1 Å². The zero-order chi connectivity index (χ0) is 64.2. The Labute approximate surface area is 465 Å². The number of hydrogen-bond donors (Lipinski definition) is 0. The summed E-state index contributed by atoms with van der Waals surface area (Å²) in [6.07, 6.45) is 1.63. The molecule has 10 aromatic carbocycles. The molecule has 366 valence electrons.